The third kappa shape index (κ3) is 6.32. The molecule has 0 amide bonds. The van der Waals surface area contributed by atoms with E-state index in [0.29, 0.717) is 24.3 Å². The summed E-state index contributed by atoms with van der Waals surface area (Å²) in [6, 6.07) is 9.00. The Balaban J connectivity index is 1.47. The van der Waals surface area contributed by atoms with Gasteiger partial charge in [0.2, 0.25) is 5.89 Å². The molecule has 3 rings (SSSR count). The van der Waals surface area contributed by atoms with Gasteiger partial charge in [0, 0.05) is 36.7 Å². The van der Waals surface area contributed by atoms with Gasteiger partial charge in [0.05, 0.1) is 0 Å². The van der Waals surface area contributed by atoms with E-state index in [1.165, 1.54) is 5.56 Å². The minimum Gasteiger partial charge on any atom is -0.357 e. The molecular weight excluding hydrogens is 408 g/mol. The quantitative estimate of drug-likeness (QED) is 0.537. The lowest BCUT2D eigenvalue weighted by molar-refractivity contribution is 0.198. The van der Waals surface area contributed by atoms with E-state index in [0.717, 1.165) is 49.5 Å². The lowest BCUT2D eigenvalue weighted by Crippen LogP contribution is -2.48. The molecule has 0 saturated carbocycles. The van der Waals surface area contributed by atoms with Gasteiger partial charge in [0.15, 0.2) is 11.8 Å². The van der Waals surface area contributed by atoms with Crippen molar-refractivity contribution < 1.29 is 4.52 Å². The summed E-state index contributed by atoms with van der Waals surface area (Å²) in [6.45, 7) is 8.24. The van der Waals surface area contributed by atoms with Crippen LogP contribution < -0.4 is 10.6 Å². The van der Waals surface area contributed by atoms with Crippen LogP contribution >= 0.6 is 15.9 Å². The smallest absolute Gasteiger partial charge is 0.248 e. The number of hydrogen-bond donors (Lipinski definition) is 2. The highest BCUT2D eigenvalue weighted by atomic mass is 79.9. The molecule has 2 heterocycles. The van der Waals surface area contributed by atoms with Crippen molar-refractivity contribution >= 4 is 21.9 Å². The predicted octanol–water partition coefficient (Wildman–Crippen LogP) is 2.86. The maximum absolute atomic E-state index is 5.13. The van der Waals surface area contributed by atoms with Gasteiger partial charge in [-0.05, 0) is 44.4 Å². The fourth-order valence-electron chi connectivity index (χ4n) is 3.15. The highest BCUT2D eigenvalue weighted by Crippen LogP contribution is 2.16. The number of benzene rings is 1. The number of rotatable bonds is 6. The Bertz CT molecular complexity index is 737. The Labute approximate surface area is 168 Å². The summed E-state index contributed by atoms with van der Waals surface area (Å²) in [7, 11) is 0. The molecule has 1 aliphatic rings. The van der Waals surface area contributed by atoms with Crippen molar-refractivity contribution in [3.05, 3.63) is 46.0 Å². The molecule has 2 aromatic rings. The first kappa shape index (κ1) is 19.8. The van der Waals surface area contributed by atoms with E-state index in [9.17, 15) is 0 Å². The molecule has 2 N–H and O–H groups in total. The molecule has 0 aliphatic carbocycles. The summed E-state index contributed by atoms with van der Waals surface area (Å²) in [5.41, 5.74) is 1.36. The van der Waals surface area contributed by atoms with Gasteiger partial charge in [-0.25, -0.2) is 4.99 Å². The number of aromatic nitrogens is 2. The lowest BCUT2D eigenvalue weighted by Gasteiger charge is -2.33. The van der Waals surface area contributed by atoms with Gasteiger partial charge in [0.25, 0.3) is 0 Å². The normalized spacial score (nSPS) is 16.5. The molecule has 1 aliphatic heterocycles. The number of nitrogens with zero attached hydrogens (tertiary/aromatic N) is 4. The van der Waals surface area contributed by atoms with Crippen LogP contribution in [0, 0.1) is 6.92 Å². The molecule has 0 bridgehead atoms. The monoisotopic (exact) mass is 434 g/mol. The molecule has 8 heteroatoms. The number of piperidine rings is 1. The van der Waals surface area contributed by atoms with E-state index in [1.54, 1.807) is 0 Å². The van der Waals surface area contributed by atoms with Crippen molar-refractivity contribution in [2.45, 2.75) is 45.8 Å². The van der Waals surface area contributed by atoms with Gasteiger partial charge >= 0.3 is 0 Å². The molecule has 0 radical (unpaired) electrons. The number of aliphatic imine (C=N–C) groups is 1. The number of aryl methyl sites for hydroxylation is 1. The second kappa shape index (κ2) is 9.85. The molecule has 146 valence electrons. The summed E-state index contributed by atoms with van der Waals surface area (Å²) < 4.78 is 6.25. The van der Waals surface area contributed by atoms with Gasteiger partial charge in [0.1, 0.15) is 6.54 Å². The molecule has 7 nitrogen and oxygen atoms in total. The van der Waals surface area contributed by atoms with Crippen LogP contribution in [0.1, 0.15) is 37.0 Å². The number of guanidine groups is 1. The Morgan fingerprint density at radius 1 is 1.30 bits per heavy atom. The zero-order valence-electron chi connectivity index (χ0n) is 15.9. The highest BCUT2D eigenvalue weighted by Gasteiger charge is 2.20. The maximum Gasteiger partial charge on any atom is 0.248 e. The topological polar surface area (TPSA) is 78.6 Å². The third-order valence-electron chi connectivity index (χ3n) is 4.53. The second-order valence-corrected chi connectivity index (χ2v) is 7.67. The standard InChI is InChI=1S/C19H27BrN6O/c1-3-21-19(22-12-18-23-14(2)25-27-18)24-17-8-10-26(11-9-17)13-15-4-6-16(20)7-5-15/h4-7,17H,3,8-13H2,1-2H3,(H2,21,22,24). The van der Waals surface area contributed by atoms with E-state index in [4.69, 9.17) is 4.52 Å². The fraction of sp³-hybridized carbons (Fsp3) is 0.526. The van der Waals surface area contributed by atoms with Crippen LogP contribution in [0.5, 0.6) is 0 Å². The van der Waals surface area contributed by atoms with Gasteiger partial charge in [-0.2, -0.15) is 4.98 Å². The number of likely N-dealkylation sites (tertiary alicyclic amines) is 1. The summed E-state index contributed by atoms with van der Waals surface area (Å²) in [4.78, 5) is 11.3. The van der Waals surface area contributed by atoms with Gasteiger partial charge in [-0.15, -0.1) is 0 Å². The van der Waals surface area contributed by atoms with Crippen LogP contribution in [0.15, 0.2) is 38.3 Å². The minimum atomic E-state index is 0.387. The average molecular weight is 435 g/mol. The molecule has 1 aromatic heterocycles. The van der Waals surface area contributed by atoms with Crippen molar-refractivity contribution in [3.63, 3.8) is 0 Å². The fourth-order valence-corrected chi connectivity index (χ4v) is 3.41. The zero-order chi connectivity index (χ0) is 19.1. The van der Waals surface area contributed by atoms with Crippen LogP contribution in [0.25, 0.3) is 0 Å². The van der Waals surface area contributed by atoms with Gasteiger partial charge in [-0.1, -0.05) is 33.2 Å². The first-order valence-corrected chi connectivity index (χ1v) is 10.2. The molecule has 0 atom stereocenters. The van der Waals surface area contributed by atoms with E-state index in [-0.39, 0.29) is 0 Å². The Morgan fingerprint density at radius 2 is 2.04 bits per heavy atom. The summed E-state index contributed by atoms with van der Waals surface area (Å²) in [6.07, 6.45) is 2.20. The van der Waals surface area contributed by atoms with E-state index < -0.39 is 0 Å². The molecule has 1 saturated heterocycles. The number of nitrogens with one attached hydrogen (secondary N) is 2. The van der Waals surface area contributed by atoms with Crippen molar-refractivity contribution in [2.24, 2.45) is 4.99 Å². The van der Waals surface area contributed by atoms with Crippen LogP contribution in [0.4, 0.5) is 0 Å². The van der Waals surface area contributed by atoms with Gasteiger partial charge in [-0.3, -0.25) is 4.90 Å². The molecule has 1 aromatic carbocycles. The van der Waals surface area contributed by atoms with E-state index in [2.05, 4.69) is 77.8 Å². The lowest BCUT2D eigenvalue weighted by atomic mass is 10.0. The van der Waals surface area contributed by atoms with Crippen LogP contribution in [-0.2, 0) is 13.1 Å². The largest absolute Gasteiger partial charge is 0.357 e. The summed E-state index contributed by atoms with van der Waals surface area (Å²) in [5, 5.41) is 10.6. The SMILES string of the molecule is CCNC(=NCc1nc(C)no1)NC1CCN(Cc2ccc(Br)cc2)CC1. The van der Waals surface area contributed by atoms with Gasteiger partial charge < -0.3 is 15.2 Å². The Hall–Kier alpha value is -1.93. The molecular formula is C19H27BrN6O. The van der Waals surface area contributed by atoms with Crippen LogP contribution in [0.3, 0.4) is 0 Å². The number of halogens is 1. The zero-order valence-corrected chi connectivity index (χ0v) is 17.5. The predicted molar refractivity (Wildman–Crippen MR) is 109 cm³/mol. The summed E-state index contributed by atoms with van der Waals surface area (Å²) in [5.74, 6) is 1.98. The Kier molecular flexibility index (Phi) is 7.23. The second-order valence-electron chi connectivity index (χ2n) is 6.75. The summed E-state index contributed by atoms with van der Waals surface area (Å²) >= 11 is 3.49. The van der Waals surface area contributed by atoms with Crippen LogP contribution in [-0.4, -0.2) is 46.7 Å². The molecule has 0 unspecified atom stereocenters. The first-order chi connectivity index (χ1) is 13.1. The van der Waals surface area contributed by atoms with E-state index in [1.807, 2.05) is 6.92 Å². The van der Waals surface area contributed by atoms with Crippen LogP contribution in [0.2, 0.25) is 0 Å². The maximum atomic E-state index is 5.13. The first-order valence-electron chi connectivity index (χ1n) is 9.43. The minimum absolute atomic E-state index is 0.387. The average Bonchev–Trinajstić information content (AvgIpc) is 3.09. The van der Waals surface area contributed by atoms with E-state index >= 15 is 0 Å². The van der Waals surface area contributed by atoms with Crippen molar-refractivity contribution in [1.29, 1.82) is 0 Å². The molecule has 27 heavy (non-hydrogen) atoms. The number of hydrogen-bond acceptors (Lipinski definition) is 5. The van der Waals surface area contributed by atoms with Crippen molar-refractivity contribution in [1.82, 2.24) is 25.7 Å². The molecule has 1 fully saturated rings. The van der Waals surface area contributed by atoms with Crippen molar-refractivity contribution in [2.75, 3.05) is 19.6 Å². The Morgan fingerprint density at radius 3 is 2.67 bits per heavy atom. The van der Waals surface area contributed by atoms with Crippen molar-refractivity contribution in [3.8, 4) is 0 Å². The highest BCUT2D eigenvalue weighted by molar-refractivity contribution is 9.10. The third-order valence-corrected chi connectivity index (χ3v) is 5.06. The molecule has 0 spiro atoms.